The van der Waals surface area contributed by atoms with Gasteiger partial charge in [-0.15, -0.1) is 0 Å². The van der Waals surface area contributed by atoms with Gasteiger partial charge in [-0.05, 0) is 0 Å². The van der Waals surface area contributed by atoms with Crippen LogP contribution in [0, 0.1) is 11.3 Å². The number of nitriles is 1. The largest absolute Gasteiger partial charge is 0.480 e. The second-order valence-electron chi connectivity index (χ2n) is 4.83. The molecule has 0 radical (unpaired) electrons. The van der Waals surface area contributed by atoms with Crippen LogP contribution in [0.15, 0.2) is 0 Å². The fourth-order valence-electron chi connectivity index (χ4n) is 2.18. The Balaban J connectivity index is 2.48. The number of carbonyl (C=O) groups is 2. The van der Waals surface area contributed by atoms with E-state index in [0.29, 0.717) is 45.9 Å². The second kappa shape index (κ2) is 9.15. The van der Waals surface area contributed by atoms with Crippen molar-refractivity contribution in [2.45, 2.75) is 6.42 Å². The highest BCUT2D eigenvalue weighted by Gasteiger charge is 2.25. The Kier molecular flexibility index (Phi) is 7.50. The van der Waals surface area contributed by atoms with Crippen LogP contribution in [-0.4, -0.2) is 91.3 Å². The van der Waals surface area contributed by atoms with Gasteiger partial charge in [-0.2, -0.15) is 5.26 Å². The third kappa shape index (κ3) is 5.97. The molecule has 8 nitrogen and oxygen atoms in total. The number of amides is 2. The maximum atomic E-state index is 12.4. The highest BCUT2D eigenvalue weighted by Crippen LogP contribution is 2.06. The zero-order valence-electron chi connectivity index (χ0n) is 12.3. The van der Waals surface area contributed by atoms with Gasteiger partial charge in [0.15, 0.2) is 0 Å². The molecule has 1 heterocycles. The number of carboxylic acids is 1. The fourth-order valence-corrected chi connectivity index (χ4v) is 2.18. The van der Waals surface area contributed by atoms with E-state index in [1.54, 1.807) is 21.8 Å². The first kappa shape index (κ1) is 17.2. The maximum absolute atomic E-state index is 12.4. The summed E-state index contributed by atoms with van der Waals surface area (Å²) >= 11 is 0. The number of piperazine rings is 1. The summed E-state index contributed by atoms with van der Waals surface area (Å²) in [6, 6.07) is 1.92. The number of hydrogen-bond acceptors (Lipinski definition) is 5. The first-order valence-electron chi connectivity index (χ1n) is 6.92. The topological polar surface area (TPSA) is 97.1 Å². The van der Waals surface area contributed by atoms with Gasteiger partial charge >= 0.3 is 12.0 Å². The molecule has 0 aromatic carbocycles. The average molecular weight is 298 g/mol. The fraction of sp³-hybridized carbons (Fsp3) is 0.769. The molecule has 1 fully saturated rings. The molecule has 118 valence electrons. The van der Waals surface area contributed by atoms with E-state index in [1.807, 2.05) is 6.07 Å². The Morgan fingerprint density at radius 3 is 2.48 bits per heavy atom. The number of rotatable bonds is 7. The van der Waals surface area contributed by atoms with Crippen LogP contribution in [0.1, 0.15) is 6.42 Å². The van der Waals surface area contributed by atoms with Crippen LogP contribution in [0.3, 0.4) is 0 Å². The second-order valence-corrected chi connectivity index (χ2v) is 4.83. The van der Waals surface area contributed by atoms with E-state index < -0.39 is 5.97 Å². The zero-order valence-corrected chi connectivity index (χ0v) is 12.3. The van der Waals surface area contributed by atoms with Crippen molar-refractivity contribution in [1.82, 2.24) is 14.7 Å². The molecule has 0 atom stereocenters. The van der Waals surface area contributed by atoms with Crippen LogP contribution in [0.5, 0.6) is 0 Å². The summed E-state index contributed by atoms with van der Waals surface area (Å²) < 4.78 is 4.98. The molecule has 0 saturated carbocycles. The quantitative estimate of drug-likeness (QED) is 0.691. The predicted molar refractivity (Wildman–Crippen MR) is 74.7 cm³/mol. The Morgan fingerprint density at radius 1 is 1.29 bits per heavy atom. The van der Waals surface area contributed by atoms with Crippen LogP contribution >= 0.6 is 0 Å². The van der Waals surface area contributed by atoms with Crippen LogP contribution in [-0.2, 0) is 9.53 Å². The van der Waals surface area contributed by atoms with Gasteiger partial charge in [0.05, 0.1) is 25.6 Å². The summed E-state index contributed by atoms with van der Waals surface area (Å²) in [4.78, 5) is 28.2. The summed E-state index contributed by atoms with van der Waals surface area (Å²) in [5, 5.41) is 17.4. The molecule has 0 aliphatic carbocycles. The van der Waals surface area contributed by atoms with Crippen molar-refractivity contribution in [3.05, 3.63) is 0 Å². The lowest BCUT2D eigenvalue weighted by Crippen LogP contribution is -2.54. The van der Waals surface area contributed by atoms with E-state index in [-0.39, 0.29) is 19.0 Å². The van der Waals surface area contributed by atoms with Gasteiger partial charge in [0.2, 0.25) is 0 Å². The smallest absolute Gasteiger partial charge is 0.320 e. The van der Waals surface area contributed by atoms with Gasteiger partial charge in [0.25, 0.3) is 0 Å². The predicted octanol–water partition coefficient (Wildman–Crippen LogP) is -0.329. The standard InChI is InChI=1S/C13H22N4O4/c1-21-10-9-16(4-2-3-14)13(20)17-7-5-15(6-8-17)11-12(18)19/h2,4-11H2,1H3,(H,18,19). The van der Waals surface area contributed by atoms with Gasteiger partial charge < -0.3 is 19.6 Å². The molecular weight excluding hydrogens is 276 g/mol. The van der Waals surface area contributed by atoms with Crippen molar-refractivity contribution in [2.75, 3.05) is 59.5 Å². The summed E-state index contributed by atoms with van der Waals surface area (Å²) in [7, 11) is 1.57. The average Bonchev–Trinajstić information content (AvgIpc) is 2.47. The summed E-state index contributed by atoms with van der Waals surface area (Å²) in [5.41, 5.74) is 0. The van der Waals surface area contributed by atoms with Crippen LogP contribution in [0.4, 0.5) is 4.79 Å². The molecule has 0 aromatic heterocycles. The lowest BCUT2D eigenvalue weighted by molar-refractivity contribution is -0.138. The van der Waals surface area contributed by atoms with Crippen LogP contribution < -0.4 is 0 Å². The molecule has 0 aromatic rings. The number of carboxylic acid groups (broad SMARTS) is 1. The minimum Gasteiger partial charge on any atom is -0.480 e. The lowest BCUT2D eigenvalue weighted by Gasteiger charge is -2.36. The van der Waals surface area contributed by atoms with Gasteiger partial charge in [-0.25, -0.2) is 4.79 Å². The van der Waals surface area contributed by atoms with Crippen molar-refractivity contribution in [3.8, 4) is 6.07 Å². The van der Waals surface area contributed by atoms with Crippen molar-refractivity contribution in [2.24, 2.45) is 0 Å². The monoisotopic (exact) mass is 298 g/mol. The molecule has 0 bridgehead atoms. The van der Waals surface area contributed by atoms with Gasteiger partial charge in [-0.1, -0.05) is 0 Å². The molecule has 2 amide bonds. The van der Waals surface area contributed by atoms with E-state index in [9.17, 15) is 9.59 Å². The van der Waals surface area contributed by atoms with E-state index >= 15 is 0 Å². The molecule has 21 heavy (non-hydrogen) atoms. The van der Waals surface area contributed by atoms with Crippen molar-refractivity contribution >= 4 is 12.0 Å². The number of hydrogen-bond donors (Lipinski definition) is 1. The number of aliphatic carboxylic acids is 1. The minimum absolute atomic E-state index is 0.00382. The number of ether oxygens (including phenoxy) is 1. The lowest BCUT2D eigenvalue weighted by atomic mass is 10.3. The van der Waals surface area contributed by atoms with Gasteiger partial charge in [0, 0.05) is 46.4 Å². The molecule has 1 rings (SSSR count). The highest BCUT2D eigenvalue weighted by molar-refractivity contribution is 5.74. The molecule has 1 aliphatic heterocycles. The van der Waals surface area contributed by atoms with Crippen molar-refractivity contribution in [1.29, 1.82) is 5.26 Å². The summed E-state index contributed by atoms with van der Waals surface area (Å²) in [5.74, 6) is -0.856. The van der Waals surface area contributed by atoms with E-state index in [4.69, 9.17) is 15.1 Å². The molecule has 8 heteroatoms. The number of urea groups is 1. The minimum atomic E-state index is -0.856. The Bertz CT molecular complexity index is 388. The molecule has 1 saturated heterocycles. The maximum Gasteiger partial charge on any atom is 0.320 e. The third-order valence-electron chi connectivity index (χ3n) is 3.33. The van der Waals surface area contributed by atoms with Crippen molar-refractivity contribution in [3.63, 3.8) is 0 Å². The summed E-state index contributed by atoms with van der Waals surface area (Å²) in [6.07, 6.45) is 0.286. The third-order valence-corrected chi connectivity index (χ3v) is 3.33. The molecule has 1 N–H and O–H groups in total. The molecule has 0 unspecified atom stereocenters. The molecule has 0 spiro atoms. The number of methoxy groups -OCH3 is 1. The van der Waals surface area contributed by atoms with E-state index in [2.05, 4.69) is 0 Å². The van der Waals surface area contributed by atoms with E-state index in [1.165, 1.54) is 0 Å². The highest BCUT2D eigenvalue weighted by atomic mass is 16.5. The Morgan fingerprint density at radius 2 is 1.95 bits per heavy atom. The Hall–Kier alpha value is -1.85. The van der Waals surface area contributed by atoms with Crippen molar-refractivity contribution < 1.29 is 19.4 Å². The van der Waals surface area contributed by atoms with Gasteiger partial charge in [0.1, 0.15) is 0 Å². The number of nitrogens with zero attached hydrogens (tertiary/aromatic N) is 4. The molecular formula is C13H22N4O4. The van der Waals surface area contributed by atoms with Crippen LogP contribution in [0.25, 0.3) is 0 Å². The summed E-state index contributed by atoms with van der Waals surface area (Å²) in [6.45, 7) is 3.37. The normalized spacial score (nSPS) is 15.5. The van der Waals surface area contributed by atoms with E-state index in [0.717, 1.165) is 0 Å². The van der Waals surface area contributed by atoms with Crippen LogP contribution in [0.2, 0.25) is 0 Å². The van der Waals surface area contributed by atoms with Gasteiger partial charge in [-0.3, -0.25) is 9.69 Å². The number of carbonyl (C=O) groups excluding carboxylic acids is 1. The zero-order chi connectivity index (χ0) is 15.7. The SMILES string of the molecule is COCCN(CCC#N)C(=O)N1CCN(CC(=O)O)CC1. The Labute approximate surface area is 124 Å². The first-order valence-corrected chi connectivity index (χ1v) is 6.92. The molecule has 1 aliphatic rings. The first-order chi connectivity index (χ1) is 10.1.